The molecule has 0 bridgehead atoms. The minimum Gasteiger partial charge on any atom is -0.534 e. The van der Waals surface area contributed by atoms with E-state index < -0.39 is 11.9 Å². The predicted molar refractivity (Wildman–Crippen MR) is 91.7 cm³/mol. The zero-order valence-corrected chi connectivity index (χ0v) is 14.2. The number of unbranched alkanes of at least 4 members (excludes halogenated alkanes) is 1. The highest BCUT2D eigenvalue weighted by atomic mass is 32.1. The van der Waals surface area contributed by atoms with E-state index in [4.69, 9.17) is 4.65 Å². The van der Waals surface area contributed by atoms with Crippen LogP contribution in [-0.2, 0) is 19.1 Å². The van der Waals surface area contributed by atoms with Gasteiger partial charge < -0.3 is 14.4 Å². The Bertz CT molecular complexity index is 652. The molecule has 2 heterocycles. The number of carbonyl (C=O) groups excluding carboxylic acids is 2. The number of carbonyl (C=O) groups is 2. The van der Waals surface area contributed by atoms with Crippen LogP contribution in [0.1, 0.15) is 24.6 Å². The maximum absolute atomic E-state index is 12.0. The van der Waals surface area contributed by atoms with Gasteiger partial charge in [-0.2, -0.15) is 0 Å². The van der Waals surface area contributed by atoms with E-state index in [1.54, 1.807) is 6.08 Å². The van der Waals surface area contributed by atoms with Gasteiger partial charge in [-0.05, 0) is 24.5 Å². The number of hydrogen-bond donors (Lipinski definition) is 0. The van der Waals surface area contributed by atoms with E-state index in [9.17, 15) is 9.59 Å². The van der Waals surface area contributed by atoms with Gasteiger partial charge in [0.1, 0.15) is 0 Å². The van der Waals surface area contributed by atoms with Crippen molar-refractivity contribution in [3.63, 3.8) is 0 Å². The number of nitrogens with zero attached hydrogens (tertiary/aromatic N) is 2. The van der Waals surface area contributed by atoms with Crippen molar-refractivity contribution in [3.05, 3.63) is 22.6 Å². The van der Waals surface area contributed by atoms with Crippen molar-refractivity contribution in [2.24, 2.45) is 5.16 Å². The quantitative estimate of drug-likeness (QED) is 0.332. The van der Waals surface area contributed by atoms with Gasteiger partial charge in [-0.25, -0.2) is 9.59 Å². The normalized spacial score (nSPS) is 15.3. The molecule has 121 valence electrons. The van der Waals surface area contributed by atoms with Crippen LogP contribution in [0.2, 0.25) is 6.32 Å². The summed E-state index contributed by atoms with van der Waals surface area (Å²) in [5.74, 6) is -1.33. The van der Waals surface area contributed by atoms with Gasteiger partial charge in [0.25, 0.3) is 0 Å². The Hall–Kier alpha value is -2.09. The smallest absolute Gasteiger partial charge is 0.374 e. The van der Waals surface area contributed by atoms with Crippen molar-refractivity contribution < 1.29 is 19.1 Å². The number of oxime groups is 1. The third-order valence-electron chi connectivity index (χ3n) is 3.09. The van der Waals surface area contributed by atoms with Crippen LogP contribution in [0.15, 0.2) is 22.9 Å². The molecule has 2 rings (SSSR count). The van der Waals surface area contributed by atoms with Gasteiger partial charge in [-0.15, -0.1) is 11.3 Å². The molecule has 0 aromatic carbocycles. The Morgan fingerprint density at radius 3 is 2.91 bits per heavy atom. The number of anilines is 1. The summed E-state index contributed by atoms with van der Waals surface area (Å²) in [5.41, 5.74) is 0.0219. The second kappa shape index (κ2) is 7.96. The number of thiophene rings is 1. The molecule has 1 aliphatic heterocycles. The summed E-state index contributed by atoms with van der Waals surface area (Å²) in [4.78, 5) is 31.2. The second-order valence-electron chi connectivity index (χ2n) is 5.16. The van der Waals surface area contributed by atoms with E-state index in [1.165, 1.54) is 18.8 Å². The molecule has 0 atom stereocenters. The standard InChI is InChI=1S/C15H18BN2O4S/c1-4-5-8-16-21-15(20)13-11(14(19)22-17-13)9-10-6-7-12(23-10)18(2)3/h6-7,9H,4-5,8H2,1-3H3/b11-9-. The van der Waals surface area contributed by atoms with E-state index in [-0.39, 0.29) is 11.3 Å². The lowest BCUT2D eigenvalue weighted by atomic mass is 9.92. The van der Waals surface area contributed by atoms with Crippen LogP contribution in [0.3, 0.4) is 0 Å². The molecule has 0 saturated heterocycles. The minimum absolute atomic E-state index is 0.0949. The molecule has 1 aromatic rings. The Balaban J connectivity index is 2.09. The summed E-state index contributed by atoms with van der Waals surface area (Å²) in [6, 6.07) is 3.81. The lowest BCUT2D eigenvalue weighted by Crippen LogP contribution is -2.21. The first-order valence-electron chi connectivity index (χ1n) is 7.34. The van der Waals surface area contributed by atoms with Crippen molar-refractivity contribution in [1.29, 1.82) is 0 Å². The average molecular weight is 333 g/mol. The topological polar surface area (TPSA) is 68.2 Å². The highest BCUT2D eigenvalue weighted by Gasteiger charge is 2.32. The first-order valence-corrected chi connectivity index (χ1v) is 8.15. The summed E-state index contributed by atoms with van der Waals surface area (Å²) in [5, 5.41) is 4.57. The molecule has 0 amide bonds. The van der Waals surface area contributed by atoms with E-state index in [0.717, 1.165) is 22.7 Å². The molecule has 6 nitrogen and oxygen atoms in total. The Kier molecular flexibility index (Phi) is 5.98. The van der Waals surface area contributed by atoms with Gasteiger partial charge in [-0.3, -0.25) is 0 Å². The van der Waals surface area contributed by atoms with Crippen molar-refractivity contribution in [2.45, 2.75) is 26.1 Å². The summed E-state index contributed by atoms with van der Waals surface area (Å²) < 4.78 is 5.02. The summed E-state index contributed by atoms with van der Waals surface area (Å²) in [7, 11) is 5.30. The lowest BCUT2D eigenvalue weighted by molar-refractivity contribution is -0.136. The summed E-state index contributed by atoms with van der Waals surface area (Å²) >= 11 is 1.49. The van der Waals surface area contributed by atoms with Gasteiger partial charge in [-0.1, -0.05) is 24.9 Å². The Labute approximate surface area is 140 Å². The molecule has 0 N–H and O–H groups in total. The van der Waals surface area contributed by atoms with Crippen LogP contribution in [0.4, 0.5) is 5.00 Å². The molecule has 1 aliphatic rings. The maximum atomic E-state index is 12.0. The van der Waals surface area contributed by atoms with Gasteiger partial charge in [0, 0.05) is 19.0 Å². The van der Waals surface area contributed by atoms with Gasteiger partial charge in [0.2, 0.25) is 5.71 Å². The van der Waals surface area contributed by atoms with E-state index in [0.29, 0.717) is 6.32 Å². The fourth-order valence-electron chi connectivity index (χ4n) is 1.84. The Morgan fingerprint density at radius 2 is 2.26 bits per heavy atom. The van der Waals surface area contributed by atoms with Crippen molar-refractivity contribution in [3.8, 4) is 0 Å². The first kappa shape index (κ1) is 17.3. The molecule has 1 radical (unpaired) electrons. The molecule has 1 aromatic heterocycles. The zero-order chi connectivity index (χ0) is 16.8. The summed E-state index contributed by atoms with van der Waals surface area (Å²) in [6.45, 7) is 2.05. The maximum Gasteiger partial charge on any atom is 0.374 e. The first-order chi connectivity index (χ1) is 11.0. The molecular weight excluding hydrogens is 315 g/mol. The van der Waals surface area contributed by atoms with E-state index in [2.05, 4.69) is 9.99 Å². The molecule has 0 fully saturated rings. The Morgan fingerprint density at radius 1 is 1.48 bits per heavy atom. The van der Waals surface area contributed by atoms with Gasteiger partial charge >= 0.3 is 19.4 Å². The molecule has 0 unspecified atom stereocenters. The van der Waals surface area contributed by atoms with Crippen molar-refractivity contribution >= 4 is 47.5 Å². The lowest BCUT2D eigenvalue weighted by Gasteiger charge is -2.06. The fourth-order valence-corrected chi connectivity index (χ4v) is 2.71. The SMILES string of the molecule is CCCC[B]OC(=O)C1=NOC(=O)/C1=C\c1ccc(N(C)C)s1. The molecular formula is C15H18BN2O4S. The third kappa shape index (κ3) is 4.45. The van der Waals surface area contributed by atoms with Crippen LogP contribution >= 0.6 is 11.3 Å². The van der Waals surface area contributed by atoms with Crippen LogP contribution in [0, 0.1) is 0 Å². The summed E-state index contributed by atoms with van der Waals surface area (Å²) in [6.07, 6.45) is 4.20. The van der Waals surface area contributed by atoms with Crippen molar-refractivity contribution in [1.82, 2.24) is 0 Å². The van der Waals surface area contributed by atoms with Crippen LogP contribution < -0.4 is 4.90 Å². The van der Waals surface area contributed by atoms with E-state index >= 15 is 0 Å². The zero-order valence-electron chi connectivity index (χ0n) is 13.4. The molecule has 23 heavy (non-hydrogen) atoms. The highest BCUT2D eigenvalue weighted by molar-refractivity contribution is 7.17. The highest BCUT2D eigenvalue weighted by Crippen LogP contribution is 2.27. The predicted octanol–water partition coefficient (Wildman–Crippen LogP) is 2.49. The number of hydrogen-bond acceptors (Lipinski definition) is 7. The largest absolute Gasteiger partial charge is 0.534 e. The third-order valence-corrected chi connectivity index (χ3v) is 4.29. The minimum atomic E-state index is -0.678. The van der Waals surface area contributed by atoms with E-state index in [1.807, 2.05) is 38.1 Å². The van der Waals surface area contributed by atoms with Gasteiger partial charge in [0.15, 0.2) is 0 Å². The van der Waals surface area contributed by atoms with Gasteiger partial charge in [0.05, 0.1) is 10.6 Å². The molecule has 0 aliphatic carbocycles. The monoisotopic (exact) mass is 333 g/mol. The van der Waals surface area contributed by atoms with Crippen LogP contribution in [0.25, 0.3) is 6.08 Å². The second-order valence-corrected chi connectivity index (χ2v) is 6.26. The molecule has 0 saturated carbocycles. The fraction of sp³-hybridized carbons (Fsp3) is 0.400. The van der Waals surface area contributed by atoms with Crippen LogP contribution in [0.5, 0.6) is 0 Å². The molecule has 0 spiro atoms. The van der Waals surface area contributed by atoms with Crippen molar-refractivity contribution in [2.75, 3.05) is 19.0 Å². The number of rotatable bonds is 7. The average Bonchev–Trinajstić information content (AvgIpc) is 3.12. The molecule has 8 heteroatoms. The van der Waals surface area contributed by atoms with Crippen LogP contribution in [-0.4, -0.2) is 39.2 Å².